The SMILES string of the molecule is CC(C)(CC(=O)N[C@@H]1c2ccccc2C[C@@H]1O)C(=O)O. The molecule has 0 saturated heterocycles. The molecule has 0 aromatic heterocycles. The van der Waals surface area contributed by atoms with Crippen molar-refractivity contribution in [2.45, 2.75) is 38.8 Å². The first-order valence-corrected chi connectivity index (χ1v) is 6.60. The Morgan fingerprint density at radius 1 is 1.35 bits per heavy atom. The molecule has 0 aliphatic heterocycles. The smallest absolute Gasteiger partial charge is 0.309 e. The summed E-state index contributed by atoms with van der Waals surface area (Å²) in [5.74, 6) is -1.38. The molecule has 0 unspecified atom stereocenters. The molecular formula is C15H19NO4. The molecule has 1 aromatic carbocycles. The van der Waals surface area contributed by atoms with Crippen molar-refractivity contribution < 1.29 is 19.8 Å². The molecule has 0 saturated carbocycles. The number of carboxylic acid groups (broad SMARTS) is 1. The highest BCUT2D eigenvalue weighted by atomic mass is 16.4. The van der Waals surface area contributed by atoms with E-state index in [1.54, 1.807) is 0 Å². The molecule has 2 rings (SSSR count). The Bertz CT molecular complexity index is 538. The Hall–Kier alpha value is -1.88. The number of benzene rings is 1. The number of amides is 1. The lowest BCUT2D eigenvalue weighted by Gasteiger charge is -2.22. The maximum absolute atomic E-state index is 12.0. The van der Waals surface area contributed by atoms with Crippen LogP contribution in [0.2, 0.25) is 0 Å². The summed E-state index contributed by atoms with van der Waals surface area (Å²) >= 11 is 0. The van der Waals surface area contributed by atoms with Crippen molar-refractivity contribution in [3.8, 4) is 0 Å². The number of rotatable bonds is 4. The van der Waals surface area contributed by atoms with E-state index in [1.807, 2.05) is 24.3 Å². The molecule has 2 atom stereocenters. The number of carbonyl (C=O) groups is 2. The minimum atomic E-state index is -1.12. The Balaban J connectivity index is 2.07. The highest BCUT2D eigenvalue weighted by Gasteiger charge is 2.35. The third-order valence-corrected chi connectivity index (χ3v) is 3.70. The summed E-state index contributed by atoms with van der Waals surface area (Å²) in [5.41, 5.74) is 0.803. The summed E-state index contributed by atoms with van der Waals surface area (Å²) in [4.78, 5) is 23.0. The Kier molecular flexibility index (Phi) is 3.81. The minimum Gasteiger partial charge on any atom is -0.481 e. The van der Waals surface area contributed by atoms with Crippen LogP contribution in [-0.4, -0.2) is 28.2 Å². The van der Waals surface area contributed by atoms with Crippen molar-refractivity contribution in [2.24, 2.45) is 5.41 Å². The number of hydrogen-bond donors (Lipinski definition) is 3. The number of hydrogen-bond acceptors (Lipinski definition) is 3. The molecule has 108 valence electrons. The van der Waals surface area contributed by atoms with Gasteiger partial charge in [0.05, 0.1) is 17.6 Å². The van der Waals surface area contributed by atoms with Crippen LogP contribution in [-0.2, 0) is 16.0 Å². The topological polar surface area (TPSA) is 86.6 Å². The van der Waals surface area contributed by atoms with Gasteiger partial charge in [-0.05, 0) is 25.0 Å². The molecule has 5 heteroatoms. The van der Waals surface area contributed by atoms with Gasteiger partial charge in [-0.25, -0.2) is 0 Å². The summed E-state index contributed by atoms with van der Waals surface area (Å²) in [5, 5.41) is 21.8. The van der Waals surface area contributed by atoms with Crippen molar-refractivity contribution in [3.63, 3.8) is 0 Å². The van der Waals surface area contributed by atoms with Crippen molar-refractivity contribution in [1.29, 1.82) is 0 Å². The molecule has 5 nitrogen and oxygen atoms in total. The molecule has 0 spiro atoms. The average Bonchev–Trinajstić information content (AvgIpc) is 2.65. The fraction of sp³-hybridized carbons (Fsp3) is 0.467. The van der Waals surface area contributed by atoms with Crippen LogP contribution in [0, 0.1) is 5.41 Å². The highest BCUT2D eigenvalue weighted by Crippen LogP contribution is 2.31. The van der Waals surface area contributed by atoms with Crippen molar-refractivity contribution in [2.75, 3.05) is 0 Å². The van der Waals surface area contributed by atoms with E-state index in [0.29, 0.717) is 6.42 Å². The van der Waals surface area contributed by atoms with Gasteiger partial charge in [0, 0.05) is 12.8 Å². The first-order chi connectivity index (χ1) is 9.31. The zero-order chi connectivity index (χ0) is 14.9. The largest absolute Gasteiger partial charge is 0.481 e. The predicted octanol–water partition coefficient (Wildman–Crippen LogP) is 1.26. The van der Waals surface area contributed by atoms with Crippen LogP contribution >= 0.6 is 0 Å². The van der Waals surface area contributed by atoms with E-state index < -0.39 is 23.5 Å². The summed E-state index contributed by atoms with van der Waals surface area (Å²) in [6.45, 7) is 3.02. The third-order valence-electron chi connectivity index (χ3n) is 3.70. The summed E-state index contributed by atoms with van der Waals surface area (Å²) in [7, 11) is 0. The van der Waals surface area contributed by atoms with Crippen LogP contribution in [0.3, 0.4) is 0 Å². The molecule has 1 aromatic rings. The number of aliphatic hydroxyl groups is 1. The molecule has 0 heterocycles. The summed E-state index contributed by atoms with van der Waals surface area (Å²) < 4.78 is 0. The number of carboxylic acids is 1. The van der Waals surface area contributed by atoms with Gasteiger partial charge in [-0.2, -0.15) is 0 Å². The maximum atomic E-state index is 12.0. The number of fused-ring (bicyclic) bond motifs is 1. The van der Waals surface area contributed by atoms with E-state index >= 15 is 0 Å². The van der Waals surface area contributed by atoms with Crippen LogP contribution < -0.4 is 5.32 Å². The molecule has 0 radical (unpaired) electrons. The van der Waals surface area contributed by atoms with Crippen molar-refractivity contribution in [1.82, 2.24) is 5.32 Å². The van der Waals surface area contributed by atoms with E-state index in [1.165, 1.54) is 13.8 Å². The Morgan fingerprint density at radius 3 is 2.65 bits per heavy atom. The molecule has 0 bridgehead atoms. The number of carbonyl (C=O) groups excluding carboxylic acids is 1. The maximum Gasteiger partial charge on any atom is 0.309 e. The average molecular weight is 277 g/mol. The third kappa shape index (κ3) is 2.82. The quantitative estimate of drug-likeness (QED) is 0.773. The van der Waals surface area contributed by atoms with Crippen LogP contribution in [0.25, 0.3) is 0 Å². The number of aliphatic hydroxyl groups excluding tert-OH is 1. The van der Waals surface area contributed by atoms with Crippen molar-refractivity contribution in [3.05, 3.63) is 35.4 Å². The zero-order valence-corrected chi connectivity index (χ0v) is 11.6. The number of aliphatic carboxylic acids is 1. The Morgan fingerprint density at radius 2 is 2.00 bits per heavy atom. The standard InChI is InChI=1S/C15H19NO4/c1-15(2,14(19)20)8-12(18)16-13-10-6-4-3-5-9(10)7-11(13)17/h3-6,11,13,17H,7-8H2,1-2H3,(H,16,18)(H,19,20)/t11-,13+/m0/s1. The molecular weight excluding hydrogens is 258 g/mol. The van der Waals surface area contributed by atoms with Gasteiger partial charge in [-0.1, -0.05) is 24.3 Å². The van der Waals surface area contributed by atoms with E-state index in [9.17, 15) is 14.7 Å². The van der Waals surface area contributed by atoms with Gasteiger partial charge in [0.15, 0.2) is 0 Å². The van der Waals surface area contributed by atoms with Crippen LogP contribution in [0.5, 0.6) is 0 Å². The van der Waals surface area contributed by atoms with Gasteiger partial charge in [-0.3, -0.25) is 9.59 Å². The molecule has 1 aliphatic rings. The Labute approximate surface area is 117 Å². The summed E-state index contributed by atoms with van der Waals surface area (Å²) in [6, 6.07) is 7.09. The zero-order valence-electron chi connectivity index (χ0n) is 11.6. The van der Waals surface area contributed by atoms with Gasteiger partial charge in [0.1, 0.15) is 0 Å². The van der Waals surface area contributed by atoms with E-state index in [-0.39, 0.29) is 12.3 Å². The molecule has 1 amide bonds. The highest BCUT2D eigenvalue weighted by molar-refractivity contribution is 5.84. The van der Waals surface area contributed by atoms with Crippen molar-refractivity contribution >= 4 is 11.9 Å². The van der Waals surface area contributed by atoms with E-state index in [0.717, 1.165) is 11.1 Å². The minimum absolute atomic E-state index is 0.117. The monoisotopic (exact) mass is 277 g/mol. The second-order valence-electron chi connectivity index (χ2n) is 5.88. The van der Waals surface area contributed by atoms with Crippen LogP contribution in [0.15, 0.2) is 24.3 Å². The number of nitrogens with one attached hydrogen (secondary N) is 1. The molecule has 0 fully saturated rings. The van der Waals surface area contributed by atoms with E-state index in [4.69, 9.17) is 5.11 Å². The van der Waals surface area contributed by atoms with Crippen LogP contribution in [0.1, 0.15) is 37.4 Å². The summed E-state index contributed by atoms with van der Waals surface area (Å²) in [6.07, 6.45) is -0.277. The first-order valence-electron chi connectivity index (χ1n) is 6.60. The van der Waals surface area contributed by atoms with Gasteiger partial charge in [0.25, 0.3) is 0 Å². The fourth-order valence-corrected chi connectivity index (χ4v) is 2.45. The second kappa shape index (κ2) is 5.25. The van der Waals surface area contributed by atoms with Gasteiger partial charge in [0.2, 0.25) is 5.91 Å². The second-order valence-corrected chi connectivity index (χ2v) is 5.88. The fourth-order valence-electron chi connectivity index (χ4n) is 2.45. The normalized spacial score (nSPS) is 21.4. The lowest BCUT2D eigenvalue weighted by molar-refractivity contribution is -0.149. The van der Waals surface area contributed by atoms with Gasteiger partial charge >= 0.3 is 5.97 Å². The predicted molar refractivity (Wildman–Crippen MR) is 73.1 cm³/mol. The lowest BCUT2D eigenvalue weighted by Crippen LogP contribution is -2.38. The van der Waals surface area contributed by atoms with Crippen LogP contribution in [0.4, 0.5) is 0 Å². The molecule has 1 aliphatic carbocycles. The first kappa shape index (κ1) is 14.5. The van der Waals surface area contributed by atoms with E-state index in [2.05, 4.69) is 5.32 Å². The lowest BCUT2D eigenvalue weighted by atomic mass is 9.89. The molecule has 3 N–H and O–H groups in total. The van der Waals surface area contributed by atoms with Gasteiger partial charge in [-0.15, -0.1) is 0 Å². The molecule has 20 heavy (non-hydrogen) atoms. The van der Waals surface area contributed by atoms with Gasteiger partial charge < -0.3 is 15.5 Å².